The molecular weight excluding hydrogens is 202 g/mol. The first-order valence-corrected chi connectivity index (χ1v) is 4.36. The number of halogens is 1. The molecule has 0 aliphatic carbocycles. The van der Waals surface area contributed by atoms with Gasteiger partial charge in [-0.05, 0) is 30.5 Å². The number of rotatable bonds is 2. The van der Waals surface area contributed by atoms with E-state index in [1.807, 2.05) is 6.07 Å². The van der Waals surface area contributed by atoms with Gasteiger partial charge in [0.15, 0.2) is 0 Å². The summed E-state index contributed by atoms with van der Waals surface area (Å²) in [7, 11) is 0. The highest BCUT2D eigenvalue weighted by atomic mass is 35.5. The van der Waals surface area contributed by atoms with Gasteiger partial charge in [0, 0.05) is 11.4 Å². The van der Waals surface area contributed by atoms with Crippen LogP contribution in [0.3, 0.4) is 0 Å². The SMILES string of the molecule is Cc1ccc(C(=S)CN)cc1C.Cl. The van der Waals surface area contributed by atoms with Gasteiger partial charge >= 0.3 is 0 Å². The number of hydrogen-bond acceptors (Lipinski definition) is 2. The van der Waals surface area contributed by atoms with Crippen molar-refractivity contribution >= 4 is 29.5 Å². The molecule has 1 aromatic carbocycles. The van der Waals surface area contributed by atoms with Crippen LogP contribution in [0.15, 0.2) is 18.2 Å². The normalized spacial score (nSPS) is 9.15. The van der Waals surface area contributed by atoms with E-state index in [9.17, 15) is 0 Å². The minimum atomic E-state index is 0. The molecule has 72 valence electrons. The van der Waals surface area contributed by atoms with Crippen LogP contribution in [0.5, 0.6) is 0 Å². The van der Waals surface area contributed by atoms with Crippen molar-refractivity contribution in [1.29, 1.82) is 0 Å². The number of hydrogen-bond donors (Lipinski definition) is 1. The second-order valence-electron chi connectivity index (χ2n) is 2.93. The van der Waals surface area contributed by atoms with Crippen LogP contribution in [0.1, 0.15) is 16.7 Å². The molecule has 0 atom stereocenters. The summed E-state index contributed by atoms with van der Waals surface area (Å²) >= 11 is 5.10. The van der Waals surface area contributed by atoms with E-state index in [0.717, 1.165) is 10.4 Å². The fourth-order valence-corrected chi connectivity index (χ4v) is 1.16. The Balaban J connectivity index is 0.00000144. The molecule has 0 amide bonds. The van der Waals surface area contributed by atoms with Gasteiger partial charge in [-0.15, -0.1) is 12.4 Å². The van der Waals surface area contributed by atoms with Gasteiger partial charge in [-0.3, -0.25) is 0 Å². The van der Waals surface area contributed by atoms with E-state index in [1.165, 1.54) is 11.1 Å². The molecular formula is C10H14ClNS. The van der Waals surface area contributed by atoms with Gasteiger partial charge in [-0.1, -0.05) is 30.4 Å². The Morgan fingerprint density at radius 2 is 1.92 bits per heavy atom. The van der Waals surface area contributed by atoms with Crippen LogP contribution in [0.25, 0.3) is 0 Å². The maximum Gasteiger partial charge on any atom is 0.0360 e. The van der Waals surface area contributed by atoms with Crippen LogP contribution in [0, 0.1) is 13.8 Å². The molecule has 2 N–H and O–H groups in total. The second kappa shape index (κ2) is 5.32. The highest BCUT2D eigenvalue weighted by molar-refractivity contribution is 7.80. The number of thiocarbonyl (C=S) groups is 1. The quantitative estimate of drug-likeness (QED) is 0.606. The van der Waals surface area contributed by atoms with Crippen LogP contribution in [-0.4, -0.2) is 11.4 Å². The zero-order valence-corrected chi connectivity index (χ0v) is 9.47. The third-order valence-corrected chi connectivity index (χ3v) is 2.42. The van der Waals surface area contributed by atoms with Crippen LogP contribution in [0.2, 0.25) is 0 Å². The predicted molar refractivity (Wildman–Crippen MR) is 63.9 cm³/mol. The van der Waals surface area contributed by atoms with Crippen LogP contribution < -0.4 is 5.73 Å². The summed E-state index contributed by atoms with van der Waals surface area (Å²) in [6, 6.07) is 6.19. The lowest BCUT2D eigenvalue weighted by Gasteiger charge is -2.04. The van der Waals surface area contributed by atoms with Crippen LogP contribution >= 0.6 is 24.6 Å². The first-order valence-electron chi connectivity index (χ1n) is 3.95. The van der Waals surface area contributed by atoms with Crippen molar-refractivity contribution in [3.05, 3.63) is 34.9 Å². The van der Waals surface area contributed by atoms with E-state index in [4.69, 9.17) is 18.0 Å². The number of benzene rings is 1. The number of nitrogens with two attached hydrogens (primary N) is 1. The fourth-order valence-electron chi connectivity index (χ4n) is 1.03. The fraction of sp³-hybridized carbons (Fsp3) is 0.300. The van der Waals surface area contributed by atoms with Crippen molar-refractivity contribution in [2.75, 3.05) is 6.54 Å². The van der Waals surface area contributed by atoms with Gasteiger partial charge in [0.1, 0.15) is 0 Å². The largest absolute Gasteiger partial charge is 0.326 e. The lowest BCUT2D eigenvalue weighted by molar-refractivity contribution is 1.30. The summed E-state index contributed by atoms with van der Waals surface area (Å²) in [5.74, 6) is 0. The molecule has 0 unspecified atom stereocenters. The molecule has 0 spiro atoms. The van der Waals surface area contributed by atoms with E-state index in [2.05, 4.69) is 26.0 Å². The van der Waals surface area contributed by atoms with E-state index >= 15 is 0 Å². The summed E-state index contributed by atoms with van der Waals surface area (Å²) in [4.78, 5) is 0.832. The molecule has 3 heteroatoms. The first kappa shape index (κ1) is 12.6. The Hall–Kier alpha value is -0.440. The van der Waals surface area contributed by atoms with Crippen molar-refractivity contribution in [2.24, 2.45) is 5.73 Å². The standard InChI is InChI=1S/C10H13NS.ClH/c1-7-3-4-9(5-8(7)2)10(12)6-11;/h3-5H,6,11H2,1-2H3;1H. The molecule has 0 heterocycles. The van der Waals surface area contributed by atoms with Crippen LogP contribution in [-0.2, 0) is 0 Å². The molecule has 13 heavy (non-hydrogen) atoms. The Labute approximate surface area is 90.7 Å². The van der Waals surface area contributed by atoms with E-state index in [-0.39, 0.29) is 12.4 Å². The molecule has 0 aliphatic rings. The van der Waals surface area contributed by atoms with E-state index in [0.29, 0.717) is 6.54 Å². The van der Waals surface area contributed by atoms with Gasteiger partial charge in [-0.25, -0.2) is 0 Å². The molecule has 0 fully saturated rings. The molecule has 1 nitrogen and oxygen atoms in total. The second-order valence-corrected chi connectivity index (χ2v) is 3.42. The Morgan fingerprint density at radius 3 is 2.38 bits per heavy atom. The summed E-state index contributed by atoms with van der Waals surface area (Å²) in [6.45, 7) is 4.63. The van der Waals surface area contributed by atoms with Gasteiger partial charge < -0.3 is 5.73 Å². The summed E-state index contributed by atoms with van der Waals surface area (Å²) in [5, 5.41) is 0. The lowest BCUT2D eigenvalue weighted by atomic mass is 10.0. The molecule has 0 bridgehead atoms. The van der Waals surface area contributed by atoms with Crippen molar-refractivity contribution in [2.45, 2.75) is 13.8 Å². The summed E-state index contributed by atoms with van der Waals surface area (Å²) in [6.07, 6.45) is 0. The van der Waals surface area contributed by atoms with E-state index < -0.39 is 0 Å². The topological polar surface area (TPSA) is 26.0 Å². The van der Waals surface area contributed by atoms with Gasteiger partial charge in [0.05, 0.1) is 0 Å². The zero-order valence-electron chi connectivity index (χ0n) is 7.83. The Morgan fingerprint density at radius 1 is 1.31 bits per heavy atom. The number of aryl methyl sites for hydroxylation is 2. The van der Waals surface area contributed by atoms with Crippen molar-refractivity contribution < 1.29 is 0 Å². The van der Waals surface area contributed by atoms with Crippen molar-refractivity contribution in [3.8, 4) is 0 Å². The maximum atomic E-state index is 5.45. The molecule has 1 aromatic rings. The van der Waals surface area contributed by atoms with Gasteiger partial charge in [0.25, 0.3) is 0 Å². The zero-order chi connectivity index (χ0) is 9.14. The molecule has 0 saturated heterocycles. The van der Waals surface area contributed by atoms with Crippen molar-refractivity contribution in [3.63, 3.8) is 0 Å². The molecule has 0 aromatic heterocycles. The average molecular weight is 216 g/mol. The molecule has 0 radical (unpaired) electrons. The maximum absolute atomic E-state index is 5.45. The minimum Gasteiger partial charge on any atom is -0.326 e. The highest BCUT2D eigenvalue weighted by Crippen LogP contribution is 2.10. The monoisotopic (exact) mass is 215 g/mol. The third-order valence-electron chi connectivity index (χ3n) is 2.01. The molecule has 1 rings (SSSR count). The minimum absolute atomic E-state index is 0. The van der Waals surface area contributed by atoms with E-state index in [1.54, 1.807) is 0 Å². The van der Waals surface area contributed by atoms with Gasteiger partial charge in [-0.2, -0.15) is 0 Å². The van der Waals surface area contributed by atoms with Crippen molar-refractivity contribution in [1.82, 2.24) is 0 Å². The smallest absolute Gasteiger partial charge is 0.0360 e. The average Bonchev–Trinajstić information content (AvgIpc) is 2.08. The molecule has 0 saturated carbocycles. The first-order chi connectivity index (χ1) is 5.65. The summed E-state index contributed by atoms with van der Waals surface area (Å²) < 4.78 is 0. The lowest BCUT2D eigenvalue weighted by Crippen LogP contribution is -2.12. The summed E-state index contributed by atoms with van der Waals surface area (Å²) in [5.41, 5.74) is 9.09. The van der Waals surface area contributed by atoms with Gasteiger partial charge in [0.2, 0.25) is 0 Å². The third kappa shape index (κ3) is 3.07. The molecule has 0 aliphatic heterocycles. The highest BCUT2D eigenvalue weighted by Gasteiger charge is 1.99. The predicted octanol–water partition coefficient (Wildman–Crippen LogP) is 2.40. The Kier molecular flexibility index (Phi) is 5.14. The van der Waals surface area contributed by atoms with Crippen LogP contribution in [0.4, 0.5) is 0 Å². The Bertz CT molecular complexity index is 310.